The molecule has 2 heterocycles. The summed E-state index contributed by atoms with van der Waals surface area (Å²) in [5, 5.41) is 76.1. The lowest BCUT2D eigenvalue weighted by Crippen LogP contribution is -2.61. The molecular formula is C12H22O11. The topological polar surface area (TPSA) is 190 Å². The molecule has 136 valence electrons. The molecule has 2 aliphatic heterocycles. The van der Waals surface area contributed by atoms with Gasteiger partial charge in [0.25, 0.3) is 0 Å². The van der Waals surface area contributed by atoms with Crippen molar-refractivity contribution in [3.05, 3.63) is 0 Å². The Hall–Kier alpha value is -0.440. The van der Waals surface area contributed by atoms with Gasteiger partial charge in [-0.2, -0.15) is 0 Å². The highest BCUT2D eigenvalue weighted by Gasteiger charge is 2.46. The molecule has 0 radical (unpaired) electrons. The van der Waals surface area contributed by atoms with Gasteiger partial charge in [-0.1, -0.05) is 0 Å². The smallest absolute Gasteiger partial charge is 0.186 e. The van der Waals surface area contributed by atoms with Crippen molar-refractivity contribution >= 4 is 0 Å². The third kappa shape index (κ3) is 3.81. The minimum absolute atomic E-state index is 0.468. The van der Waals surface area contributed by atoms with Crippen molar-refractivity contribution in [1.29, 1.82) is 0 Å². The Morgan fingerprint density at radius 1 is 0.652 bits per heavy atom. The van der Waals surface area contributed by atoms with Crippen LogP contribution in [0.5, 0.6) is 0 Å². The zero-order chi connectivity index (χ0) is 17.3. The summed E-state index contributed by atoms with van der Waals surface area (Å²) in [5.74, 6) is 0. The maximum atomic E-state index is 9.78. The van der Waals surface area contributed by atoms with E-state index >= 15 is 0 Å². The molecule has 11 nitrogen and oxygen atoms in total. The van der Waals surface area contributed by atoms with Crippen molar-refractivity contribution in [3.8, 4) is 0 Å². The average molecular weight is 342 g/mol. The monoisotopic (exact) mass is 342 g/mol. The minimum Gasteiger partial charge on any atom is -0.394 e. The van der Waals surface area contributed by atoms with Crippen LogP contribution < -0.4 is 0 Å². The van der Waals surface area contributed by atoms with Gasteiger partial charge in [0.1, 0.15) is 48.8 Å². The van der Waals surface area contributed by atoms with Gasteiger partial charge in [0.2, 0.25) is 0 Å². The van der Waals surface area contributed by atoms with Crippen LogP contribution in [-0.2, 0) is 14.2 Å². The predicted octanol–water partition coefficient (Wildman–Crippen LogP) is -5.40. The summed E-state index contributed by atoms with van der Waals surface area (Å²) in [4.78, 5) is 0. The van der Waals surface area contributed by atoms with Crippen molar-refractivity contribution in [1.82, 2.24) is 0 Å². The molecule has 23 heavy (non-hydrogen) atoms. The Bertz CT molecular complexity index is 380. The fourth-order valence-corrected chi connectivity index (χ4v) is 2.46. The summed E-state index contributed by atoms with van der Waals surface area (Å²) in [6.07, 6.45) is -15.3. The number of ether oxygens (including phenoxy) is 3. The Balaban J connectivity index is 1.94. The van der Waals surface area contributed by atoms with E-state index in [2.05, 4.69) is 0 Å². The lowest BCUT2D eigenvalue weighted by molar-refractivity contribution is -0.325. The molecule has 2 fully saturated rings. The number of aliphatic hydroxyl groups is 8. The molecule has 0 aromatic carbocycles. The number of rotatable bonds is 4. The Morgan fingerprint density at radius 3 is 1.83 bits per heavy atom. The molecule has 10 atom stereocenters. The molecule has 0 aromatic rings. The Labute approximate surface area is 130 Å². The van der Waals surface area contributed by atoms with Gasteiger partial charge in [-0.25, -0.2) is 0 Å². The molecule has 0 bridgehead atoms. The highest BCUT2D eigenvalue weighted by atomic mass is 16.7. The van der Waals surface area contributed by atoms with Crippen molar-refractivity contribution in [2.75, 3.05) is 13.2 Å². The molecular weight excluding hydrogens is 320 g/mol. The number of hydrogen-bond acceptors (Lipinski definition) is 11. The molecule has 0 saturated carbocycles. The lowest BCUT2D eigenvalue weighted by Gasteiger charge is -2.41. The van der Waals surface area contributed by atoms with Gasteiger partial charge >= 0.3 is 0 Å². The zero-order valence-electron chi connectivity index (χ0n) is 12.0. The van der Waals surface area contributed by atoms with Crippen LogP contribution in [0.1, 0.15) is 0 Å². The van der Waals surface area contributed by atoms with Crippen molar-refractivity contribution in [3.63, 3.8) is 0 Å². The highest BCUT2D eigenvalue weighted by molar-refractivity contribution is 4.91. The first-order valence-corrected chi connectivity index (χ1v) is 7.07. The Morgan fingerprint density at radius 2 is 1.22 bits per heavy atom. The maximum absolute atomic E-state index is 9.78. The molecule has 2 rings (SSSR count). The highest BCUT2D eigenvalue weighted by Crippen LogP contribution is 2.24. The van der Waals surface area contributed by atoms with E-state index < -0.39 is 74.6 Å². The fourth-order valence-electron chi connectivity index (χ4n) is 2.46. The normalized spacial score (nSPS) is 51.7. The van der Waals surface area contributed by atoms with Gasteiger partial charge in [0.05, 0.1) is 13.2 Å². The average Bonchev–Trinajstić information content (AvgIpc) is 2.54. The molecule has 2 saturated heterocycles. The SMILES string of the molecule is OC[C@H]1O[C@@H](OC[C@H]2O[C@H](O)[C@@H](O)[C@@H](O)[C@@H]2O)[C@@H](O)[C@@H](O)[C@@H]1O. The summed E-state index contributed by atoms with van der Waals surface area (Å²) < 4.78 is 15.1. The Kier molecular flexibility index (Phi) is 6.27. The molecule has 0 aromatic heterocycles. The molecule has 0 aliphatic carbocycles. The van der Waals surface area contributed by atoms with Crippen LogP contribution in [0, 0.1) is 0 Å². The van der Waals surface area contributed by atoms with E-state index in [4.69, 9.17) is 19.3 Å². The second-order valence-electron chi connectivity index (χ2n) is 5.57. The summed E-state index contributed by atoms with van der Waals surface area (Å²) in [6, 6.07) is 0. The van der Waals surface area contributed by atoms with Gasteiger partial charge in [-0.15, -0.1) is 0 Å². The second-order valence-corrected chi connectivity index (χ2v) is 5.57. The summed E-state index contributed by atoms with van der Waals surface area (Å²) in [5.41, 5.74) is 0. The van der Waals surface area contributed by atoms with E-state index in [0.29, 0.717) is 0 Å². The molecule has 11 heteroatoms. The van der Waals surface area contributed by atoms with Crippen LogP contribution in [0.2, 0.25) is 0 Å². The molecule has 0 amide bonds. The van der Waals surface area contributed by atoms with Crippen LogP contribution in [0.3, 0.4) is 0 Å². The van der Waals surface area contributed by atoms with Crippen LogP contribution in [0.15, 0.2) is 0 Å². The van der Waals surface area contributed by atoms with E-state index in [1.54, 1.807) is 0 Å². The quantitative estimate of drug-likeness (QED) is 0.243. The fraction of sp³-hybridized carbons (Fsp3) is 1.00. The summed E-state index contributed by atoms with van der Waals surface area (Å²) in [6.45, 7) is -1.10. The number of hydrogen-bond donors (Lipinski definition) is 8. The van der Waals surface area contributed by atoms with E-state index in [-0.39, 0.29) is 0 Å². The van der Waals surface area contributed by atoms with Gasteiger partial charge in [-0.3, -0.25) is 0 Å². The van der Waals surface area contributed by atoms with Gasteiger partial charge in [0, 0.05) is 0 Å². The molecule has 0 unspecified atom stereocenters. The molecule has 0 spiro atoms. The number of aliphatic hydroxyl groups excluding tert-OH is 8. The minimum atomic E-state index is -1.74. The van der Waals surface area contributed by atoms with Gasteiger partial charge in [-0.05, 0) is 0 Å². The largest absolute Gasteiger partial charge is 0.394 e. The zero-order valence-corrected chi connectivity index (χ0v) is 12.0. The second kappa shape index (κ2) is 7.63. The van der Waals surface area contributed by atoms with E-state index in [1.165, 1.54) is 0 Å². The molecule has 8 N–H and O–H groups in total. The van der Waals surface area contributed by atoms with Crippen molar-refractivity contribution in [2.24, 2.45) is 0 Å². The standard InChI is InChI=1S/C12H22O11/c13-1-3-5(14)8(17)10(19)12(23-3)21-2-4-6(15)7(16)9(18)11(20)22-4/h3-20H,1-2H2/t3-,4-,5-,6-,7+,8+,9+,10+,11+,12-/m1/s1. The predicted molar refractivity (Wildman–Crippen MR) is 68.6 cm³/mol. The van der Waals surface area contributed by atoms with Crippen LogP contribution in [0.25, 0.3) is 0 Å². The third-order valence-electron chi connectivity index (χ3n) is 3.96. The molecule has 2 aliphatic rings. The van der Waals surface area contributed by atoms with E-state index in [0.717, 1.165) is 0 Å². The van der Waals surface area contributed by atoms with Crippen molar-refractivity contribution in [2.45, 2.75) is 61.4 Å². The van der Waals surface area contributed by atoms with Crippen molar-refractivity contribution < 1.29 is 55.1 Å². The maximum Gasteiger partial charge on any atom is 0.186 e. The van der Waals surface area contributed by atoms with E-state index in [1.807, 2.05) is 0 Å². The van der Waals surface area contributed by atoms with Crippen LogP contribution >= 0.6 is 0 Å². The first-order valence-electron chi connectivity index (χ1n) is 7.07. The van der Waals surface area contributed by atoms with Gasteiger partial charge < -0.3 is 55.1 Å². The lowest BCUT2D eigenvalue weighted by atomic mass is 9.98. The third-order valence-corrected chi connectivity index (χ3v) is 3.96. The summed E-state index contributed by atoms with van der Waals surface area (Å²) >= 11 is 0. The van der Waals surface area contributed by atoms with Crippen LogP contribution in [-0.4, -0.2) is 115 Å². The van der Waals surface area contributed by atoms with Crippen LogP contribution in [0.4, 0.5) is 0 Å². The van der Waals surface area contributed by atoms with Gasteiger partial charge in [0.15, 0.2) is 12.6 Å². The van der Waals surface area contributed by atoms with E-state index in [9.17, 15) is 35.7 Å². The first-order chi connectivity index (χ1) is 10.8. The summed E-state index contributed by atoms with van der Waals surface area (Å²) in [7, 11) is 0. The first kappa shape index (κ1) is 18.9.